The van der Waals surface area contributed by atoms with E-state index in [1.54, 1.807) is 41.3 Å². The Morgan fingerprint density at radius 3 is 2.35 bits per heavy atom. The third-order valence-electron chi connectivity index (χ3n) is 18.9. The molecule has 4 aliphatic carbocycles. The topological polar surface area (TPSA) is 358 Å². The number of nitrogens with one attached hydrogen (secondary N) is 2. The number of fused-ring (bicyclic) bond motifs is 7. The fourth-order valence-corrected chi connectivity index (χ4v) is 14.7. The summed E-state index contributed by atoms with van der Waals surface area (Å²) < 4.78 is 36.4. The van der Waals surface area contributed by atoms with Crippen molar-refractivity contribution in [3.8, 4) is 17.1 Å². The number of hydrogen-bond donors (Lipinski definition) is 8. The molecule has 4 saturated heterocycles. The molecule has 2 unspecified atom stereocenters. The molecule has 1 spiro atoms. The second-order valence-electron chi connectivity index (χ2n) is 24.2. The summed E-state index contributed by atoms with van der Waals surface area (Å²) in [5.74, 6) is -3.25. The van der Waals surface area contributed by atoms with E-state index >= 15 is 0 Å². The number of carbonyl (C=O) groups excluding carboxylic acids is 5. The maximum Gasteiger partial charge on any atom is 0.410 e. The van der Waals surface area contributed by atoms with Gasteiger partial charge in [-0.2, -0.15) is 0 Å². The lowest BCUT2D eigenvalue weighted by Gasteiger charge is -2.56. The minimum absolute atomic E-state index is 0.00920. The number of hydrogen-bond acceptors (Lipinski definition) is 21. The lowest BCUT2D eigenvalue weighted by Crippen LogP contribution is -2.61. The molecular formula is C61H67N7O18. The molecule has 0 bridgehead atoms. The summed E-state index contributed by atoms with van der Waals surface area (Å²) >= 11 is 0. The highest BCUT2D eigenvalue weighted by molar-refractivity contribution is 6.01. The molecule has 3 saturated carbocycles. The Hall–Kier alpha value is -7.46. The number of ketones is 2. The zero-order valence-corrected chi connectivity index (χ0v) is 46.9. The second kappa shape index (κ2) is 23.7. The molecule has 4 aliphatic heterocycles. The van der Waals surface area contributed by atoms with E-state index in [9.17, 15) is 59.4 Å². The van der Waals surface area contributed by atoms with Gasteiger partial charge in [0.15, 0.2) is 35.9 Å². The molecule has 25 heteroatoms. The Morgan fingerprint density at radius 2 is 1.60 bits per heavy atom. The number of anilines is 1. The molecule has 454 valence electrons. The zero-order chi connectivity index (χ0) is 60.2. The summed E-state index contributed by atoms with van der Waals surface area (Å²) in [7, 11) is 0. The quantitative estimate of drug-likeness (QED) is 0.0750. The number of aliphatic hydroxyl groups is 5. The van der Waals surface area contributed by atoms with Crippen LogP contribution in [0, 0.1) is 34.5 Å². The molecule has 15 atom stereocenters. The first-order valence-corrected chi connectivity index (χ1v) is 28.9. The van der Waals surface area contributed by atoms with Gasteiger partial charge in [-0.05, 0) is 91.3 Å². The van der Waals surface area contributed by atoms with Crippen LogP contribution in [0.3, 0.4) is 0 Å². The van der Waals surface area contributed by atoms with E-state index in [1.165, 1.54) is 24.5 Å². The molecule has 25 nitrogen and oxygen atoms in total. The normalized spacial score (nSPS) is 32.9. The third-order valence-corrected chi connectivity index (χ3v) is 18.9. The van der Waals surface area contributed by atoms with Crippen molar-refractivity contribution in [1.29, 1.82) is 0 Å². The van der Waals surface area contributed by atoms with Gasteiger partial charge < -0.3 is 74.6 Å². The van der Waals surface area contributed by atoms with Gasteiger partial charge >= 0.3 is 12.1 Å². The summed E-state index contributed by atoms with van der Waals surface area (Å²) in [5.41, 5.74) is 2.33. The first-order chi connectivity index (χ1) is 41.3. The highest BCUT2D eigenvalue weighted by Crippen LogP contribution is 2.65. The van der Waals surface area contributed by atoms with Crippen LogP contribution in [-0.4, -0.2) is 179 Å². The SMILES string of the molecule is C[C@]12C=CC(=O)C=C1CC[C@@H]1[C@@H]2[C@@H](O)CC2[C@H]1C[C@H]1O[C@@H](c3ccc(CC4CC5(CO4)CN(C(=O)OCc4ccc(O[C@@H]6O[C@H](C(=O)O)[C@@H](O)[C@H](O)[C@H]6O)c(NC(=O)CCNC(=O)Cc6ccc(-c7nncnn7)cc6)c4)C5)cc3)O[C@@]21C(=O)CO. The van der Waals surface area contributed by atoms with Crippen molar-refractivity contribution in [3.05, 3.63) is 119 Å². The molecule has 5 heterocycles. The van der Waals surface area contributed by atoms with Crippen molar-refractivity contribution in [1.82, 2.24) is 30.6 Å². The summed E-state index contributed by atoms with van der Waals surface area (Å²) in [4.78, 5) is 79.2. The van der Waals surface area contributed by atoms with Gasteiger partial charge in [0.2, 0.25) is 23.9 Å². The Balaban J connectivity index is 0.630. The van der Waals surface area contributed by atoms with Crippen molar-refractivity contribution < 1.29 is 87.8 Å². The van der Waals surface area contributed by atoms with Crippen LogP contribution in [0.5, 0.6) is 5.75 Å². The van der Waals surface area contributed by atoms with Crippen LogP contribution in [0.25, 0.3) is 11.4 Å². The van der Waals surface area contributed by atoms with Crippen LogP contribution >= 0.6 is 0 Å². The van der Waals surface area contributed by atoms with Crippen LogP contribution in [0.2, 0.25) is 0 Å². The van der Waals surface area contributed by atoms with E-state index in [-0.39, 0.29) is 84.3 Å². The first kappa shape index (κ1) is 58.9. The average Bonchev–Trinajstić information content (AvgIpc) is 1.54. The van der Waals surface area contributed by atoms with Gasteiger partial charge in [0.25, 0.3) is 0 Å². The van der Waals surface area contributed by atoms with Crippen molar-refractivity contribution in [2.45, 2.75) is 126 Å². The number of amides is 3. The Kier molecular flexibility index (Phi) is 16.2. The van der Waals surface area contributed by atoms with Gasteiger partial charge in [0, 0.05) is 59.8 Å². The number of ether oxygens (including phenoxy) is 6. The number of aliphatic carboxylic acids is 1. The lowest BCUT2D eigenvalue weighted by atomic mass is 9.49. The summed E-state index contributed by atoms with van der Waals surface area (Å²) in [6, 6.07) is 19.0. The number of likely N-dealkylation sites (tertiary alicyclic amines) is 1. The minimum Gasteiger partial charge on any atom is -0.479 e. The lowest BCUT2D eigenvalue weighted by molar-refractivity contribution is -0.271. The number of carbonyl (C=O) groups is 6. The molecule has 1 aromatic heterocycles. The minimum atomic E-state index is -1.98. The molecule has 0 radical (unpaired) electrons. The molecule has 3 aromatic carbocycles. The summed E-state index contributed by atoms with van der Waals surface area (Å²) in [5, 5.41) is 83.8. The maximum atomic E-state index is 13.9. The monoisotopic (exact) mass is 1190 g/mol. The van der Waals surface area contributed by atoms with Crippen LogP contribution in [0.4, 0.5) is 10.5 Å². The summed E-state index contributed by atoms with van der Waals surface area (Å²) in [6.07, 6.45) is -2.63. The van der Waals surface area contributed by atoms with Crippen LogP contribution in [0.1, 0.15) is 74.0 Å². The van der Waals surface area contributed by atoms with Gasteiger partial charge in [-0.1, -0.05) is 73.2 Å². The smallest absolute Gasteiger partial charge is 0.410 e. The maximum absolute atomic E-state index is 13.9. The van der Waals surface area contributed by atoms with E-state index in [2.05, 4.69) is 38.0 Å². The number of benzene rings is 3. The van der Waals surface area contributed by atoms with E-state index in [0.717, 1.165) is 29.5 Å². The number of aliphatic hydroxyl groups excluding tert-OH is 5. The number of allylic oxidation sites excluding steroid dienone is 4. The summed E-state index contributed by atoms with van der Waals surface area (Å²) in [6.45, 7) is 2.28. The molecule has 4 aromatic rings. The van der Waals surface area contributed by atoms with E-state index < -0.39 is 90.6 Å². The van der Waals surface area contributed by atoms with Crippen molar-refractivity contribution in [2.24, 2.45) is 34.5 Å². The molecular weight excluding hydrogens is 1120 g/mol. The molecule has 8 N–H and O–H groups in total. The Morgan fingerprint density at radius 1 is 0.860 bits per heavy atom. The predicted molar refractivity (Wildman–Crippen MR) is 295 cm³/mol. The number of nitrogens with zero attached hydrogens (tertiary/aromatic N) is 5. The van der Waals surface area contributed by atoms with Crippen molar-refractivity contribution >= 4 is 41.1 Å². The molecule has 86 heavy (non-hydrogen) atoms. The van der Waals surface area contributed by atoms with E-state index in [4.69, 9.17) is 28.4 Å². The number of carboxylic acid groups (broad SMARTS) is 1. The van der Waals surface area contributed by atoms with Crippen molar-refractivity contribution in [3.63, 3.8) is 0 Å². The standard InChI is InChI=1S/C61H67N7O18/c1-59-16-14-37(70)21-36(59)11-12-39-40-22-46-61(45(72)25-69,41(40)23-43(71)49(39)59)86-56(84-46)35-9-4-31(5-10-35)18-38-24-60(29-82-38)27-68(28-60)58(80)81-26-33-6-13-44(83-57-52(77)50(75)51(76)53(85-57)55(78)79)42(19-33)65-47(73)15-17-62-48(74)20-32-2-7-34(8-3-32)54-66-63-30-64-67-54/h2-10,13-14,16,19,21,30,38-41,43,46,49-53,56-57,69,71,75-77H,11-12,15,17-18,20,22-29H2,1H3,(H,62,74)(H,65,73)(H,78,79)/t38?,39-,40-,41?,43-,46+,49+,50-,51-,52+,53-,56+,57+,59-,61+/m0/s1. The van der Waals surface area contributed by atoms with Gasteiger partial charge in [0.1, 0.15) is 37.3 Å². The predicted octanol–water partition coefficient (Wildman–Crippen LogP) is 2.08. The van der Waals surface area contributed by atoms with Gasteiger partial charge in [0.05, 0.1) is 37.0 Å². The largest absolute Gasteiger partial charge is 0.479 e. The Bertz CT molecular complexity index is 3330. The highest BCUT2D eigenvalue weighted by atomic mass is 16.7. The second-order valence-corrected chi connectivity index (χ2v) is 24.2. The third kappa shape index (κ3) is 11.2. The van der Waals surface area contributed by atoms with Crippen LogP contribution < -0.4 is 15.4 Å². The first-order valence-electron chi connectivity index (χ1n) is 28.9. The molecule has 12 rings (SSSR count). The van der Waals surface area contributed by atoms with Crippen molar-refractivity contribution in [2.75, 3.05) is 38.2 Å². The van der Waals surface area contributed by atoms with Crippen LogP contribution in [-0.2, 0) is 67.1 Å². The molecule has 7 fully saturated rings. The highest BCUT2D eigenvalue weighted by Gasteiger charge is 2.70. The number of rotatable bonds is 17. The average molecular weight is 1190 g/mol. The molecule has 8 aliphatic rings. The Labute approximate surface area is 492 Å². The van der Waals surface area contributed by atoms with Gasteiger partial charge in [-0.15, -0.1) is 20.4 Å². The number of Topliss-reactive ketones (excluding diaryl/α,β-unsaturated/α-hetero) is 1. The van der Waals surface area contributed by atoms with Gasteiger partial charge in [-0.3, -0.25) is 19.2 Å². The molecule has 3 amide bonds. The van der Waals surface area contributed by atoms with Gasteiger partial charge in [-0.25, -0.2) is 9.59 Å². The number of carboxylic acids is 1. The van der Waals surface area contributed by atoms with E-state index in [0.29, 0.717) is 67.9 Å². The van der Waals surface area contributed by atoms with E-state index in [1.807, 2.05) is 30.3 Å². The fourth-order valence-electron chi connectivity index (χ4n) is 14.7. The number of aromatic nitrogens is 4. The fraction of sp³-hybridized carbons (Fsp3) is 0.508. The van der Waals surface area contributed by atoms with Crippen LogP contribution in [0.15, 0.2) is 96.9 Å². The zero-order valence-electron chi connectivity index (χ0n) is 46.9.